The highest BCUT2D eigenvalue weighted by Crippen LogP contribution is 2.30. The Bertz CT molecular complexity index is 470. The third-order valence-electron chi connectivity index (χ3n) is 4.52. The summed E-state index contributed by atoms with van der Waals surface area (Å²) >= 11 is 5.98. The van der Waals surface area contributed by atoms with Crippen LogP contribution in [0, 0.1) is 5.92 Å². The van der Waals surface area contributed by atoms with E-state index in [9.17, 15) is 4.79 Å². The minimum Gasteiger partial charge on any atom is -0.300 e. The van der Waals surface area contributed by atoms with Gasteiger partial charge < -0.3 is 0 Å². The van der Waals surface area contributed by atoms with Crippen molar-refractivity contribution in [1.29, 1.82) is 0 Å². The van der Waals surface area contributed by atoms with E-state index < -0.39 is 0 Å². The Labute approximate surface area is 119 Å². The molecule has 19 heavy (non-hydrogen) atoms. The van der Waals surface area contributed by atoms with Crippen LogP contribution in [0.25, 0.3) is 0 Å². The van der Waals surface area contributed by atoms with E-state index in [4.69, 9.17) is 11.6 Å². The maximum Gasteiger partial charge on any atom is 0.167 e. The average molecular weight is 278 g/mol. The minimum atomic E-state index is 0.160. The SMILES string of the molecule is O=C(c1cccc(Cl)c1)[C@@H]1CCCN(C2CCC2)C1. The predicted octanol–water partition coefficient (Wildman–Crippen LogP) is 3.79. The molecule has 0 radical (unpaired) electrons. The fraction of sp³-hybridized carbons (Fsp3) is 0.562. The summed E-state index contributed by atoms with van der Waals surface area (Å²) in [4.78, 5) is 15.1. The summed E-state index contributed by atoms with van der Waals surface area (Å²) in [6.07, 6.45) is 6.16. The number of hydrogen-bond acceptors (Lipinski definition) is 2. The molecule has 1 aromatic rings. The Morgan fingerprint density at radius 1 is 1.21 bits per heavy atom. The first kappa shape index (κ1) is 13.1. The van der Waals surface area contributed by atoms with Crippen LogP contribution in [0.3, 0.4) is 0 Å². The highest BCUT2D eigenvalue weighted by atomic mass is 35.5. The zero-order chi connectivity index (χ0) is 13.2. The fourth-order valence-corrected chi connectivity index (χ4v) is 3.37. The number of Topliss-reactive ketones (excluding diaryl/α,β-unsaturated/α-hetero) is 1. The molecule has 0 N–H and O–H groups in total. The van der Waals surface area contributed by atoms with E-state index in [0.717, 1.165) is 31.0 Å². The molecular weight excluding hydrogens is 258 g/mol. The Morgan fingerprint density at radius 3 is 2.74 bits per heavy atom. The van der Waals surface area contributed by atoms with Crippen molar-refractivity contribution in [2.75, 3.05) is 13.1 Å². The van der Waals surface area contributed by atoms with Gasteiger partial charge in [-0.3, -0.25) is 9.69 Å². The third-order valence-corrected chi connectivity index (χ3v) is 4.76. The van der Waals surface area contributed by atoms with Crippen molar-refractivity contribution in [2.24, 2.45) is 5.92 Å². The normalized spacial score (nSPS) is 25.0. The van der Waals surface area contributed by atoms with Crippen molar-refractivity contribution in [3.63, 3.8) is 0 Å². The summed E-state index contributed by atoms with van der Waals surface area (Å²) in [5, 5.41) is 0.650. The molecule has 1 aliphatic carbocycles. The van der Waals surface area contributed by atoms with Crippen LogP contribution in [0.5, 0.6) is 0 Å². The van der Waals surface area contributed by atoms with E-state index in [1.54, 1.807) is 6.07 Å². The molecule has 2 nitrogen and oxygen atoms in total. The lowest BCUT2D eigenvalue weighted by Gasteiger charge is -2.42. The van der Waals surface area contributed by atoms with Crippen LogP contribution in [0.1, 0.15) is 42.5 Å². The highest BCUT2D eigenvalue weighted by Gasteiger charge is 2.32. The number of halogens is 1. The Kier molecular flexibility index (Phi) is 3.90. The van der Waals surface area contributed by atoms with Crippen molar-refractivity contribution in [3.05, 3.63) is 34.9 Å². The molecule has 1 heterocycles. The molecule has 1 saturated carbocycles. The Balaban J connectivity index is 1.69. The molecular formula is C16H20ClNO. The van der Waals surface area contributed by atoms with E-state index in [0.29, 0.717) is 5.02 Å². The van der Waals surface area contributed by atoms with Gasteiger partial charge in [0.1, 0.15) is 0 Å². The summed E-state index contributed by atoms with van der Waals surface area (Å²) in [5.74, 6) is 0.430. The van der Waals surface area contributed by atoms with E-state index in [1.165, 1.54) is 25.8 Å². The number of nitrogens with zero attached hydrogens (tertiary/aromatic N) is 1. The molecule has 1 aliphatic heterocycles. The lowest BCUT2D eigenvalue weighted by Crippen LogP contribution is -2.47. The number of hydrogen-bond donors (Lipinski definition) is 0. The molecule has 2 fully saturated rings. The van der Waals surface area contributed by atoms with Gasteiger partial charge in [-0.25, -0.2) is 0 Å². The van der Waals surface area contributed by atoms with Gasteiger partial charge in [-0.2, -0.15) is 0 Å². The second kappa shape index (κ2) is 5.64. The molecule has 3 heteroatoms. The maximum absolute atomic E-state index is 12.5. The average Bonchev–Trinajstić information content (AvgIpc) is 2.36. The van der Waals surface area contributed by atoms with Crippen molar-refractivity contribution in [1.82, 2.24) is 4.90 Å². The van der Waals surface area contributed by atoms with Crippen LogP contribution in [0.4, 0.5) is 0 Å². The number of likely N-dealkylation sites (tertiary alicyclic amines) is 1. The number of carbonyl (C=O) groups excluding carboxylic acids is 1. The monoisotopic (exact) mass is 277 g/mol. The highest BCUT2D eigenvalue weighted by molar-refractivity contribution is 6.31. The standard InChI is InChI=1S/C16H20ClNO/c17-14-6-1-4-12(10-14)16(19)13-5-3-9-18(11-13)15-7-2-8-15/h1,4,6,10,13,15H,2-3,5,7-9,11H2/t13-/m1/s1. The lowest BCUT2D eigenvalue weighted by molar-refractivity contribution is 0.0612. The van der Waals surface area contributed by atoms with Crippen molar-refractivity contribution < 1.29 is 4.79 Å². The molecule has 102 valence electrons. The second-order valence-corrected chi connectivity index (χ2v) is 6.23. The van der Waals surface area contributed by atoms with Crippen LogP contribution in [0.15, 0.2) is 24.3 Å². The van der Waals surface area contributed by atoms with Crippen molar-refractivity contribution in [2.45, 2.75) is 38.1 Å². The van der Waals surface area contributed by atoms with Gasteiger partial charge in [0.15, 0.2) is 5.78 Å². The summed E-state index contributed by atoms with van der Waals surface area (Å²) in [6, 6.07) is 8.11. The largest absolute Gasteiger partial charge is 0.300 e. The summed E-state index contributed by atoms with van der Waals surface area (Å²) < 4.78 is 0. The molecule has 0 bridgehead atoms. The number of ketones is 1. The first-order valence-electron chi connectivity index (χ1n) is 7.28. The zero-order valence-electron chi connectivity index (χ0n) is 11.1. The molecule has 0 aromatic heterocycles. The number of piperidine rings is 1. The summed E-state index contributed by atoms with van der Waals surface area (Å²) in [5.41, 5.74) is 0.771. The van der Waals surface area contributed by atoms with Crippen molar-refractivity contribution in [3.8, 4) is 0 Å². The van der Waals surface area contributed by atoms with Gasteiger partial charge in [0.05, 0.1) is 0 Å². The van der Waals surface area contributed by atoms with Gasteiger partial charge in [-0.05, 0) is 44.4 Å². The molecule has 0 unspecified atom stereocenters. The van der Waals surface area contributed by atoms with E-state index in [1.807, 2.05) is 18.2 Å². The van der Waals surface area contributed by atoms with E-state index in [-0.39, 0.29) is 11.7 Å². The smallest absolute Gasteiger partial charge is 0.167 e. The van der Waals surface area contributed by atoms with Crippen LogP contribution >= 0.6 is 11.6 Å². The quantitative estimate of drug-likeness (QED) is 0.784. The number of rotatable bonds is 3. The summed E-state index contributed by atoms with van der Waals surface area (Å²) in [7, 11) is 0. The number of carbonyl (C=O) groups is 1. The molecule has 2 aliphatic rings. The van der Waals surface area contributed by atoms with E-state index in [2.05, 4.69) is 4.90 Å². The lowest BCUT2D eigenvalue weighted by atomic mass is 9.85. The van der Waals surface area contributed by atoms with Crippen LogP contribution in [0.2, 0.25) is 5.02 Å². The molecule has 1 saturated heterocycles. The molecule has 3 rings (SSSR count). The van der Waals surface area contributed by atoms with Gasteiger partial charge >= 0.3 is 0 Å². The maximum atomic E-state index is 12.5. The second-order valence-electron chi connectivity index (χ2n) is 5.79. The van der Waals surface area contributed by atoms with Crippen LogP contribution in [-0.2, 0) is 0 Å². The first-order chi connectivity index (χ1) is 9.24. The Morgan fingerprint density at radius 2 is 2.05 bits per heavy atom. The fourth-order valence-electron chi connectivity index (χ4n) is 3.18. The molecule has 0 spiro atoms. The first-order valence-corrected chi connectivity index (χ1v) is 7.65. The van der Waals surface area contributed by atoms with Crippen molar-refractivity contribution >= 4 is 17.4 Å². The van der Waals surface area contributed by atoms with Crippen LogP contribution in [-0.4, -0.2) is 29.8 Å². The Hall–Kier alpha value is -0.860. The van der Waals surface area contributed by atoms with Gasteiger partial charge in [-0.15, -0.1) is 0 Å². The van der Waals surface area contributed by atoms with Gasteiger partial charge in [0.2, 0.25) is 0 Å². The van der Waals surface area contributed by atoms with Crippen LogP contribution < -0.4 is 0 Å². The van der Waals surface area contributed by atoms with Gasteiger partial charge in [0.25, 0.3) is 0 Å². The zero-order valence-corrected chi connectivity index (χ0v) is 11.9. The third kappa shape index (κ3) is 2.85. The topological polar surface area (TPSA) is 20.3 Å². The van der Waals surface area contributed by atoms with E-state index >= 15 is 0 Å². The minimum absolute atomic E-state index is 0.160. The molecule has 0 amide bonds. The summed E-state index contributed by atoms with van der Waals surface area (Å²) in [6.45, 7) is 2.11. The molecule has 1 aromatic carbocycles. The van der Waals surface area contributed by atoms with Gasteiger partial charge in [-0.1, -0.05) is 30.2 Å². The number of benzene rings is 1. The molecule has 1 atom stereocenters. The van der Waals surface area contributed by atoms with Gasteiger partial charge in [0, 0.05) is 29.1 Å². The predicted molar refractivity (Wildman–Crippen MR) is 77.7 cm³/mol.